The van der Waals surface area contributed by atoms with Crippen LogP contribution >= 0.6 is 11.3 Å². The van der Waals surface area contributed by atoms with Gasteiger partial charge < -0.3 is 5.32 Å². The lowest BCUT2D eigenvalue weighted by Gasteiger charge is -2.17. The molecule has 1 unspecified atom stereocenters. The molecule has 0 bridgehead atoms. The van der Waals surface area contributed by atoms with E-state index in [4.69, 9.17) is 0 Å². The summed E-state index contributed by atoms with van der Waals surface area (Å²) in [5, 5.41) is 17.8. The lowest BCUT2D eigenvalue weighted by molar-refractivity contribution is -0.121. The third kappa shape index (κ3) is 3.48. The van der Waals surface area contributed by atoms with E-state index >= 15 is 0 Å². The Labute approximate surface area is 143 Å². The number of hydrogen-bond donors (Lipinski definition) is 1. The van der Waals surface area contributed by atoms with Gasteiger partial charge in [0.2, 0.25) is 5.82 Å². The van der Waals surface area contributed by atoms with E-state index in [-0.39, 0.29) is 11.8 Å². The molecule has 0 fully saturated rings. The number of nitrogens with one attached hydrogen (secondary N) is 1. The molecule has 0 aliphatic rings. The molecule has 0 aliphatic heterocycles. The van der Waals surface area contributed by atoms with Gasteiger partial charge in [0.15, 0.2) is 11.2 Å². The van der Waals surface area contributed by atoms with Crippen molar-refractivity contribution in [1.82, 2.24) is 25.2 Å². The van der Waals surface area contributed by atoms with Gasteiger partial charge >= 0.3 is 0 Å². The number of aryl methyl sites for hydroxylation is 1. The van der Waals surface area contributed by atoms with Gasteiger partial charge in [-0.2, -0.15) is 4.80 Å². The van der Waals surface area contributed by atoms with Crippen molar-refractivity contribution in [3.8, 4) is 11.4 Å². The largest absolute Gasteiger partial charge is 0.300 e. The van der Waals surface area contributed by atoms with Crippen molar-refractivity contribution in [2.45, 2.75) is 26.8 Å². The standard InChI is InChI=1S/C16H18N6OS/c1-10(2)13(15(23)18-16-17-11(3)9-24-16)22-20-14(19-21-22)12-7-5-4-6-8-12/h4-10,13H,1-3H3,(H,17,18,23). The highest BCUT2D eigenvalue weighted by atomic mass is 32.1. The van der Waals surface area contributed by atoms with Crippen LogP contribution in [-0.2, 0) is 4.79 Å². The Kier molecular flexibility index (Phi) is 4.66. The second-order valence-electron chi connectivity index (χ2n) is 5.77. The average Bonchev–Trinajstić information content (AvgIpc) is 3.17. The normalized spacial score (nSPS) is 12.3. The second-order valence-corrected chi connectivity index (χ2v) is 6.63. The van der Waals surface area contributed by atoms with Crippen molar-refractivity contribution >= 4 is 22.4 Å². The molecule has 0 spiro atoms. The van der Waals surface area contributed by atoms with Crippen molar-refractivity contribution < 1.29 is 4.79 Å². The number of benzene rings is 1. The van der Waals surface area contributed by atoms with Crippen molar-refractivity contribution in [1.29, 1.82) is 0 Å². The molecule has 3 rings (SSSR count). The molecule has 1 atom stereocenters. The number of rotatable bonds is 5. The number of hydrogen-bond acceptors (Lipinski definition) is 6. The van der Waals surface area contributed by atoms with Crippen molar-refractivity contribution in [3.05, 3.63) is 41.4 Å². The Morgan fingerprint density at radius 2 is 2.00 bits per heavy atom. The molecule has 3 aromatic rings. The molecule has 0 saturated heterocycles. The Morgan fingerprint density at radius 1 is 1.25 bits per heavy atom. The van der Waals surface area contributed by atoms with Gasteiger partial charge in [0.05, 0.1) is 5.69 Å². The first-order chi connectivity index (χ1) is 11.5. The van der Waals surface area contributed by atoms with E-state index in [1.54, 1.807) is 0 Å². The monoisotopic (exact) mass is 342 g/mol. The topological polar surface area (TPSA) is 85.6 Å². The number of carbonyl (C=O) groups excluding carboxylic acids is 1. The van der Waals surface area contributed by atoms with Crippen LogP contribution in [0.3, 0.4) is 0 Å². The summed E-state index contributed by atoms with van der Waals surface area (Å²) in [6.45, 7) is 5.78. The second kappa shape index (κ2) is 6.88. The zero-order valence-electron chi connectivity index (χ0n) is 13.7. The summed E-state index contributed by atoms with van der Waals surface area (Å²) < 4.78 is 0. The van der Waals surface area contributed by atoms with Crippen LogP contribution in [0.25, 0.3) is 11.4 Å². The predicted molar refractivity (Wildman–Crippen MR) is 92.6 cm³/mol. The van der Waals surface area contributed by atoms with Gasteiger partial charge in [0.1, 0.15) is 0 Å². The molecule has 124 valence electrons. The van der Waals surface area contributed by atoms with Gasteiger partial charge in [-0.1, -0.05) is 44.2 Å². The predicted octanol–water partition coefficient (Wildman–Crippen LogP) is 2.94. The molecule has 1 amide bonds. The zero-order chi connectivity index (χ0) is 17.1. The van der Waals surface area contributed by atoms with Gasteiger partial charge in [-0.05, 0) is 18.1 Å². The van der Waals surface area contributed by atoms with Gasteiger partial charge in [-0.3, -0.25) is 4.79 Å². The van der Waals surface area contributed by atoms with Gasteiger partial charge in [-0.15, -0.1) is 21.5 Å². The van der Waals surface area contributed by atoms with Crippen LogP contribution in [0.4, 0.5) is 5.13 Å². The van der Waals surface area contributed by atoms with Crippen molar-refractivity contribution in [3.63, 3.8) is 0 Å². The highest BCUT2D eigenvalue weighted by Gasteiger charge is 2.27. The van der Waals surface area contributed by atoms with E-state index in [1.807, 2.05) is 56.5 Å². The van der Waals surface area contributed by atoms with Crippen LogP contribution in [0, 0.1) is 12.8 Å². The molecular weight excluding hydrogens is 324 g/mol. The maximum atomic E-state index is 12.6. The number of nitrogens with zero attached hydrogens (tertiary/aromatic N) is 5. The van der Waals surface area contributed by atoms with Crippen LogP contribution < -0.4 is 5.32 Å². The highest BCUT2D eigenvalue weighted by Crippen LogP contribution is 2.22. The molecule has 7 nitrogen and oxygen atoms in total. The van der Waals surface area contributed by atoms with Crippen molar-refractivity contribution in [2.24, 2.45) is 5.92 Å². The maximum absolute atomic E-state index is 12.6. The molecular formula is C16H18N6OS. The third-order valence-electron chi connectivity index (χ3n) is 3.46. The molecule has 8 heteroatoms. The number of aromatic nitrogens is 5. The Hall–Kier alpha value is -2.61. The maximum Gasteiger partial charge on any atom is 0.253 e. The molecule has 0 aliphatic carbocycles. The van der Waals surface area contributed by atoms with Crippen molar-refractivity contribution in [2.75, 3.05) is 5.32 Å². The molecule has 0 radical (unpaired) electrons. The van der Waals surface area contributed by atoms with Crippen LogP contribution in [0.15, 0.2) is 35.7 Å². The minimum Gasteiger partial charge on any atom is -0.300 e. The van der Waals surface area contributed by atoms with E-state index < -0.39 is 6.04 Å². The average molecular weight is 342 g/mol. The Balaban J connectivity index is 1.83. The number of thiazole rings is 1. The summed E-state index contributed by atoms with van der Waals surface area (Å²) in [5.74, 6) is 0.305. The Morgan fingerprint density at radius 3 is 2.62 bits per heavy atom. The lowest BCUT2D eigenvalue weighted by Crippen LogP contribution is -2.31. The third-order valence-corrected chi connectivity index (χ3v) is 4.33. The smallest absolute Gasteiger partial charge is 0.253 e. The van der Waals surface area contributed by atoms with Gasteiger partial charge in [0, 0.05) is 10.9 Å². The molecule has 2 heterocycles. The number of anilines is 1. The summed E-state index contributed by atoms with van der Waals surface area (Å²) in [6.07, 6.45) is 0. The van der Waals surface area contributed by atoms with Crippen LogP contribution in [0.1, 0.15) is 25.6 Å². The number of carbonyl (C=O) groups is 1. The summed E-state index contributed by atoms with van der Waals surface area (Å²) >= 11 is 1.40. The zero-order valence-corrected chi connectivity index (χ0v) is 14.5. The van der Waals surface area contributed by atoms with Crippen LogP contribution in [0.5, 0.6) is 0 Å². The van der Waals surface area contributed by atoms with Crippen LogP contribution in [0.2, 0.25) is 0 Å². The van der Waals surface area contributed by atoms with E-state index in [9.17, 15) is 4.79 Å². The summed E-state index contributed by atoms with van der Waals surface area (Å²) in [4.78, 5) is 18.3. The minimum absolute atomic E-state index is 0.00359. The highest BCUT2D eigenvalue weighted by molar-refractivity contribution is 7.13. The summed E-state index contributed by atoms with van der Waals surface area (Å²) in [5.41, 5.74) is 1.74. The molecule has 1 aromatic carbocycles. The minimum atomic E-state index is -0.556. The first kappa shape index (κ1) is 16.3. The molecule has 1 N–H and O–H groups in total. The van der Waals surface area contributed by atoms with E-state index in [0.717, 1.165) is 11.3 Å². The molecule has 24 heavy (non-hydrogen) atoms. The fourth-order valence-electron chi connectivity index (χ4n) is 2.31. The quantitative estimate of drug-likeness (QED) is 0.770. The molecule has 0 saturated carbocycles. The first-order valence-corrected chi connectivity index (χ1v) is 8.50. The SMILES string of the molecule is Cc1csc(NC(=O)C(C(C)C)n2nnc(-c3ccccc3)n2)n1. The number of tetrazole rings is 1. The molecule has 2 aromatic heterocycles. The lowest BCUT2D eigenvalue weighted by atomic mass is 10.0. The first-order valence-electron chi connectivity index (χ1n) is 7.62. The van der Waals surface area contributed by atoms with Crippen LogP contribution in [-0.4, -0.2) is 31.1 Å². The Bertz CT molecular complexity index is 826. The van der Waals surface area contributed by atoms with E-state index in [1.165, 1.54) is 16.1 Å². The summed E-state index contributed by atoms with van der Waals surface area (Å²) in [6, 6.07) is 9.00. The number of amides is 1. The van der Waals surface area contributed by atoms with Gasteiger partial charge in [0.25, 0.3) is 5.91 Å². The fraction of sp³-hybridized carbons (Fsp3) is 0.312. The van der Waals surface area contributed by atoms with E-state index in [0.29, 0.717) is 11.0 Å². The summed E-state index contributed by atoms with van der Waals surface area (Å²) in [7, 11) is 0. The fourth-order valence-corrected chi connectivity index (χ4v) is 3.00. The van der Waals surface area contributed by atoms with Gasteiger partial charge in [-0.25, -0.2) is 4.98 Å². The van der Waals surface area contributed by atoms with E-state index in [2.05, 4.69) is 25.7 Å².